The highest BCUT2D eigenvalue weighted by molar-refractivity contribution is 7.71. The quantitative estimate of drug-likeness (QED) is 0.840. The number of pyridine rings is 1. The summed E-state index contributed by atoms with van der Waals surface area (Å²) < 4.78 is 8.13. The molecular formula is C14H21N3OS. The van der Waals surface area contributed by atoms with E-state index >= 15 is 0 Å². The number of nitrogens with zero attached hydrogens (tertiary/aromatic N) is 2. The number of aromatic amines is 1. The van der Waals surface area contributed by atoms with E-state index in [1.54, 1.807) is 7.11 Å². The highest BCUT2D eigenvalue weighted by atomic mass is 32.1. The van der Waals surface area contributed by atoms with E-state index in [0.29, 0.717) is 5.88 Å². The van der Waals surface area contributed by atoms with Crippen LogP contribution in [0.5, 0.6) is 5.88 Å². The van der Waals surface area contributed by atoms with Gasteiger partial charge in [0.2, 0.25) is 5.88 Å². The van der Waals surface area contributed by atoms with Gasteiger partial charge in [-0.15, -0.1) is 0 Å². The number of nitrogens with one attached hydrogen (secondary N) is 1. The molecule has 0 amide bonds. The summed E-state index contributed by atoms with van der Waals surface area (Å²) in [5, 5.41) is 0. The summed E-state index contributed by atoms with van der Waals surface area (Å²) in [6, 6.07) is 3.82. The van der Waals surface area contributed by atoms with E-state index in [4.69, 9.17) is 17.0 Å². The van der Waals surface area contributed by atoms with Crippen LogP contribution >= 0.6 is 12.2 Å². The van der Waals surface area contributed by atoms with Crippen LogP contribution in [-0.4, -0.2) is 21.6 Å². The lowest BCUT2D eigenvalue weighted by molar-refractivity contribution is 0.253. The third-order valence-corrected chi connectivity index (χ3v) is 4.45. The lowest BCUT2D eigenvalue weighted by atomic mass is 9.89. The van der Waals surface area contributed by atoms with Gasteiger partial charge < -0.3 is 9.72 Å². The SMILES string of the molecule is CCC(CC)(CC)n1c(=S)[nH]c2ccc(OC)nc21. The third kappa shape index (κ3) is 2.16. The van der Waals surface area contributed by atoms with Crippen LogP contribution < -0.4 is 4.74 Å². The lowest BCUT2D eigenvalue weighted by Gasteiger charge is -2.32. The van der Waals surface area contributed by atoms with Crippen molar-refractivity contribution in [3.05, 3.63) is 16.9 Å². The largest absolute Gasteiger partial charge is 0.481 e. The Kier molecular flexibility index (Phi) is 3.94. The zero-order valence-electron chi connectivity index (χ0n) is 12.0. The van der Waals surface area contributed by atoms with Gasteiger partial charge in [0.05, 0.1) is 12.6 Å². The van der Waals surface area contributed by atoms with E-state index in [1.807, 2.05) is 12.1 Å². The Hall–Kier alpha value is -1.36. The van der Waals surface area contributed by atoms with Crippen LogP contribution in [0.2, 0.25) is 0 Å². The first-order valence-corrected chi connectivity index (χ1v) is 7.19. The second kappa shape index (κ2) is 5.33. The summed E-state index contributed by atoms with van der Waals surface area (Å²) in [7, 11) is 1.63. The minimum Gasteiger partial charge on any atom is -0.481 e. The van der Waals surface area contributed by atoms with Crippen LogP contribution in [0.3, 0.4) is 0 Å². The highest BCUT2D eigenvalue weighted by Crippen LogP contribution is 2.33. The second-order valence-electron chi connectivity index (χ2n) is 4.78. The first kappa shape index (κ1) is 14.1. The molecule has 0 spiro atoms. The molecule has 2 aromatic rings. The van der Waals surface area contributed by atoms with Crippen molar-refractivity contribution in [2.24, 2.45) is 0 Å². The van der Waals surface area contributed by atoms with Gasteiger partial charge in [-0.05, 0) is 37.5 Å². The van der Waals surface area contributed by atoms with Crippen molar-refractivity contribution in [3.8, 4) is 5.88 Å². The topological polar surface area (TPSA) is 42.8 Å². The summed E-state index contributed by atoms with van der Waals surface area (Å²) in [4.78, 5) is 7.81. The Morgan fingerprint density at radius 3 is 2.42 bits per heavy atom. The van der Waals surface area contributed by atoms with E-state index in [0.717, 1.165) is 35.2 Å². The average Bonchev–Trinajstić information content (AvgIpc) is 2.78. The fourth-order valence-electron chi connectivity index (χ4n) is 2.74. The van der Waals surface area contributed by atoms with Gasteiger partial charge in [0.1, 0.15) is 0 Å². The molecule has 0 atom stereocenters. The summed E-state index contributed by atoms with van der Waals surface area (Å²) >= 11 is 5.51. The number of aromatic nitrogens is 3. The molecule has 0 bridgehead atoms. The molecule has 0 aliphatic rings. The predicted octanol–water partition coefficient (Wildman–Crippen LogP) is 4.03. The van der Waals surface area contributed by atoms with E-state index < -0.39 is 0 Å². The van der Waals surface area contributed by atoms with Crippen molar-refractivity contribution in [1.82, 2.24) is 14.5 Å². The van der Waals surface area contributed by atoms with Crippen LogP contribution in [0, 0.1) is 4.77 Å². The Labute approximate surface area is 118 Å². The smallest absolute Gasteiger partial charge is 0.215 e. The Morgan fingerprint density at radius 1 is 1.26 bits per heavy atom. The fraction of sp³-hybridized carbons (Fsp3) is 0.571. The standard InChI is InChI=1S/C14H21N3OS/c1-5-14(6-2,7-3)17-12-10(15-13(17)19)8-9-11(16-12)18-4/h8-9H,5-7H2,1-4H3,(H,15,19). The summed E-state index contributed by atoms with van der Waals surface area (Å²) in [5.74, 6) is 0.618. The molecule has 0 fully saturated rings. The Balaban J connectivity index is 2.77. The number of fused-ring (bicyclic) bond motifs is 1. The normalized spacial score (nSPS) is 12.0. The molecule has 104 valence electrons. The summed E-state index contributed by atoms with van der Waals surface area (Å²) in [6.07, 6.45) is 3.08. The predicted molar refractivity (Wildman–Crippen MR) is 80.3 cm³/mol. The van der Waals surface area contributed by atoms with Crippen LogP contribution in [-0.2, 0) is 5.54 Å². The lowest BCUT2D eigenvalue weighted by Crippen LogP contribution is -2.31. The molecule has 2 rings (SSSR count). The fourth-order valence-corrected chi connectivity index (χ4v) is 3.13. The molecule has 4 nitrogen and oxygen atoms in total. The molecule has 1 N–H and O–H groups in total. The highest BCUT2D eigenvalue weighted by Gasteiger charge is 2.29. The van der Waals surface area contributed by atoms with E-state index in [-0.39, 0.29) is 5.54 Å². The first-order valence-electron chi connectivity index (χ1n) is 6.78. The molecule has 19 heavy (non-hydrogen) atoms. The molecule has 0 unspecified atom stereocenters. The maximum absolute atomic E-state index is 5.51. The van der Waals surface area contributed by atoms with Gasteiger partial charge in [-0.3, -0.25) is 4.57 Å². The average molecular weight is 279 g/mol. The van der Waals surface area contributed by atoms with Crippen LogP contribution in [0.1, 0.15) is 40.0 Å². The van der Waals surface area contributed by atoms with Crippen molar-refractivity contribution in [2.75, 3.05) is 7.11 Å². The number of methoxy groups -OCH3 is 1. The third-order valence-electron chi connectivity index (χ3n) is 4.16. The van der Waals surface area contributed by atoms with Gasteiger partial charge in [0.15, 0.2) is 10.4 Å². The summed E-state index contributed by atoms with van der Waals surface area (Å²) in [5.41, 5.74) is 1.87. The van der Waals surface area contributed by atoms with Crippen molar-refractivity contribution in [1.29, 1.82) is 0 Å². The van der Waals surface area contributed by atoms with Crippen molar-refractivity contribution in [3.63, 3.8) is 0 Å². The molecule has 2 aromatic heterocycles. The number of ether oxygens (including phenoxy) is 1. The molecule has 5 heteroatoms. The molecule has 0 saturated heterocycles. The molecular weight excluding hydrogens is 258 g/mol. The van der Waals surface area contributed by atoms with Crippen molar-refractivity contribution >= 4 is 23.4 Å². The van der Waals surface area contributed by atoms with Gasteiger partial charge in [-0.2, -0.15) is 4.98 Å². The van der Waals surface area contributed by atoms with Crippen molar-refractivity contribution < 1.29 is 4.74 Å². The van der Waals surface area contributed by atoms with Gasteiger partial charge >= 0.3 is 0 Å². The van der Waals surface area contributed by atoms with E-state index in [1.165, 1.54) is 0 Å². The van der Waals surface area contributed by atoms with Crippen molar-refractivity contribution in [2.45, 2.75) is 45.6 Å². The number of rotatable bonds is 5. The first-order chi connectivity index (χ1) is 9.11. The Morgan fingerprint density at radius 2 is 1.89 bits per heavy atom. The second-order valence-corrected chi connectivity index (χ2v) is 5.16. The molecule has 0 radical (unpaired) electrons. The number of imidazole rings is 1. The minimum absolute atomic E-state index is 0.0225. The number of hydrogen-bond donors (Lipinski definition) is 1. The zero-order valence-corrected chi connectivity index (χ0v) is 12.8. The zero-order chi connectivity index (χ0) is 14.0. The van der Waals surface area contributed by atoms with E-state index in [9.17, 15) is 0 Å². The van der Waals surface area contributed by atoms with Crippen LogP contribution in [0.25, 0.3) is 11.2 Å². The van der Waals surface area contributed by atoms with E-state index in [2.05, 4.69) is 35.3 Å². The van der Waals surface area contributed by atoms with Crippen LogP contribution in [0.4, 0.5) is 0 Å². The van der Waals surface area contributed by atoms with Crippen LogP contribution in [0.15, 0.2) is 12.1 Å². The molecule has 0 saturated carbocycles. The maximum atomic E-state index is 5.51. The maximum Gasteiger partial charge on any atom is 0.215 e. The molecule has 0 aromatic carbocycles. The number of H-pyrrole nitrogens is 1. The van der Waals surface area contributed by atoms with Gasteiger partial charge in [0.25, 0.3) is 0 Å². The monoisotopic (exact) mass is 279 g/mol. The van der Waals surface area contributed by atoms with Gasteiger partial charge in [-0.25, -0.2) is 0 Å². The number of hydrogen-bond acceptors (Lipinski definition) is 3. The molecule has 2 heterocycles. The molecule has 0 aliphatic heterocycles. The van der Waals surface area contributed by atoms with Gasteiger partial charge in [-0.1, -0.05) is 20.8 Å². The summed E-state index contributed by atoms with van der Waals surface area (Å²) in [6.45, 7) is 6.61. The minimum atomic E-state index is 0.0225. The molecule has 0 aliphatic carbocycles. The Bertz CT molecular complexity index is 617. The van der Waals surface area contributed by atoms with Gasteiger partial charge in [0, 0.05) is 11.6 Å².